The molecule has 2 aromatic carbocycles. The van der Waals surface area contributed by atoms with E-state index in [1.54, 1.807) is 24.3 Å². The average Bonchev–Trinajstić information content (AvgIpc) is 3.23. The van der Waals surface area contributed by atoms with E-state index < -0.39 is 0 Å². The van der Waals surface area contributed by atoms with Gasteiger partial charge >= 0.3 is 0 Å². The van der Waals surface area contributed by atoms with Gasteiger partial charge < -0.3 is 10.2 Å². The van der Waals surface area contributed by atoms with Crippen LogP contribution >= 0.6 is 23.4 Å². The first-order valence-corrected chi connectivity index (χ1v) is 9.51. The van der Waals surface area contributed by atoms with Crippen molar-refractivity contribution in [2.75, 3.05) is 22.5 Å². The number of hydrogen-bond donors (Lipinski definition) is 1. The fourth-order valence-electron chi connectivity index (χ4n) is 2.83. The van der Waals surface area contributed by atoms with Crippen molar-refractivity contribution in [2.24, 2.45) is 0 Å². The summed E-state index contributed by atoms with van der Waals surface area (Å²) in [5, 5.41) is 12.7. The van der Waals surface area contributed by atoms with E-state index in [1.807, 2.05) is 22.8 Å². The second-order valence-electron chi connectivity index (χ2n) is 5.77. The Labute approximate surface area is 160 Å². The van der Waals surface area contributed by atoms with Crippen LogP contribution in [0.25, 0.3) is 0 Å². The van der Waals surface area contributed by atoms with E-state index in [2.05, 4.69) is 32.5 Å². The highest BCUT2D eigenvalue weighted by atomic mass is 35.5. The lowest BCUT2D eigenvalue weighted by atomic mass is 10.3. The summed E-state index contributed by atoms with van der Waals surface area (Å²) in [5.41, 5.74) is 1.78. The van der Waals surface area contributed by atoms with Gasteiger partial charge in [0.15, 0.2) is 5.16 Å². The minimum Gasteiger partial charge on any atom is -0.325 e. The van der Waals surface area contributed by atoms with Crippen LogP contribution < -0.4 is 10.2 Å². The molecule has 1 amide bonds. The molecule has 0 radical (unpaired) electrons. The first kappa shape index (κ1) is 16.9. The van der Waals surface area contributed by atoms with Gasteiger partial charge in [0.25, 0.3) is 0 Å². The van der Waals surface area contributed by atoms with Crippen LogP contribution in [0.5, 0.6) is 0 Å². The largest absolute Gasteiger partial charge is 0.325 e. The van der Waals surface area contributed by atoms with Crippen LogP contribution in [0, 0.1) is 0 Å². The number of halogens is 1. The smallest absolute Gasteiger partial charge is 0.234 e. The highest BCUT2D eigenvalue weighted by Crippen LogP contribution is 2.31. The molecule has 8 heteroatoms. The number of nitrogens with zero attached hydrogens (tertiary/aromatic N) is 4. The Morgan fingerprint density at radius 1 is 1.12 bits per heavy atom. The Morgan fingerprint density at radius 3 is 2.77 bits per heavy atom. The molecule has 1 aliphatic heterocycles. The number of hydrogen-bond acceptors (Lipinski definition) is 5. The van der Waals surface area contributed by atoms with Gasteiger partial charge in [-0.25, -0.2) is 0 Å². The zero-order chi connectivity index (χ0) is 17.9. The Kier molecular flexibility index (Phi) is 4.81. The lowest BCUT2D eigenvalue weighted by molar-refractivity contribution is -0.113. The number of fused-ring (bicyclic) bond motifs is 1. The Morgan fingerprint density at radius 2 is 1.96 bits per heavy atom. The second-order valence-corrected chi connectivity index (χ2v) is 7.15. The Balaban J connectivity index is 1.40. The zero-order valence-electron chi connectivity index (χ0n) is 13.8. The molecule has 0 saturated carbocycles. The standard InChI is InChI=1S/C18H16ClN5OS/c19-13-5-4-6-14(11-13)20-16(25)12-26-18-22-21-17-23(9-10-24(17)18)15-7-2-1-3-8-15/h1-8,11H,9-10,12H2,(H,20,25). The number of thioether (sulfide) groups is 1. The number of amides is 1. The van der Waals surface area contributed by atoms with E-state index >= 15 is 0 Å². The predicted molar refractivity (Wildman–Crippen MR) is 104 cm³/mol. The fraction of sp³-hybridized carbons (Fsp3) is 0.167. The lowest BCUT2D eigenvalue weighted by Crippen LogP contribution is -2.14. The molecule has 0 saturated heterocycles. The van der Waals surface area contributed by atoms with Crippen LogP contribution in [-0.4, -0.2) is 33.0 Å². The van der Waals surface area contributed by atoms with E-state index in [0.717, 1.165) is 29.9 Å². The number of carbonyl (C=O) groups excluding carboxylic acids is 1. The molecule has 132 valence electrons. The van der Waals surface area contributed by atoms with Crippen molar-refractivity contribution in [1.29, 1.82) is 0 Å². The third kappa shape index (κ3) is 3.54. The van der Waals surface area contributed by atoms with Crippen molar-refractivity contribution in [1.82, 2.24) is 14.8 Å². The summed E-state index contributed by atoms with van der Waals surface area (Å²) in [6, 6.07) is 17.2. The fourth-order valence-corrected chi connectivity index (χ4v) is 3.78. The molecule has 4 rings (SSSR count). The Hall–Kier alpha value is -2.51. The number of nitrogens with one attached hydrogen (secondary N) is 1. The second kappa shape index (κ2) is 7.39. The first-order valence-electron chi connectivity index (χ1n) is 8.15. The maximum atomic E-state index is 12.2. The van der Waals surface area contributed by atoms with Crippen LogP contribution in [0.2, 0.25) is 5.02 Å². The van der Waals surface area contributed by atoms with Gasteiger partial charge in [0.05, 0.1) is 5.75 Å². The van der Waals surface area contributed by atoms with Gasteiger partial charge in [-0.2, -0.15) is 0 Å². The molecule has 0 bridgehead atoms. The van der Waals surface area contributed by atoms with Gasteiger partial charge in [0.2, 0.25) is 11.9 Å². The molecule has 1 aliphatic rings. The predicted octanol–water partition coefficient (Wildman–Crippen LogP) is 3.81. The molecule has 1 N–H and O–H groups in total. The van der Waals surface area contributed by atoms with Crippen molar-refractivity contribution >= 4 is 46.6 Å². The topological polar surface area (TPSA) is 63.1 Å². The van der Waals surface area contributed by atoms with Crippen LogP contribution in [-0.2, 0) is 11.3 Å². The highest BCUT2D eigenvalue weighted by Gasteiger charge is 2.26. The summed E-state index contributed by atoms with van der Waals surface area (Å²) in [6.07, 6.45) is 0. The number of carbonyl (C=O) groups is 1. The van der Waals surface area contributed by atoms with E-state index in [0.29, 0.717) is 10.7 Å². The van der Waals surface area contributed by atoms with Gasteiger partial charge in [0, 0.05) is 29.5 Å². The number of anilines is 3. The molecule has 6 nitrogen and oxygen atoms in total. The highest BCUT2D eigenvalue weighted by molar-refractivity contribution is 7.99. The molecule has 1 aromatic heterocycles. The van der Waals surface area contributed by atoms with Gasteiger partial charge in [-0.15, -0.1) is 10.2 Å². The molecule has 2 heterocycles. The molecular weight excluding hydrogens is 370 g/mol. The van der Waals surface area contributed by atoms with Crippen molar-refractivity contribution in [2.45, 2.75) is 11.7 Å². The maximum absolute atomic E-state index is 12.2. The molecule has 0 unspecified atom stereocenters. The molecule has 3 aromatic rings. The van der Waals surface area contributed by atoms with E-state index in [4.69, 9.17) is 11.6 Å². The van der Waals surface area contributed by atoms with Gasteiger partial charge in [-0.05, 0) is 30.3 Å². The summed E-state index contributed by atoms with van der Waals surface area (Å²) in [5.74, 6) is 0.970. The first-order chi connectivity index (χ1) is 12.7. The molecule has 26 heavy (non-hydrogen) atoms. The summed E-state index contributed by atoms with van der Waals surface area (Å²) in [6.45, 7) is 1.65. The van der Waals surface area contributed by atoms with Crippen LogP contribution in [0.4, 0.5) is 17.3 Å². The molecule has 0 spiro atoms. The van der Waals surface area contributed by atoms with Crippen LogP contribution in [0.15, 0.2) is 59.8 Å². The zero-order valence-corrected chi connectivity index (χ0v) is 15.4. The molecule has 0 aliphatic carbocycles. The van der Waals surface area contributed by atoms with Crippen molar-refractivity contribution in [3.05, 3.63) is 59.6 Å². The molecule has 0 fully saturated rings. The van der Waals surface area contributed by atoms with Crippen molar-refractivity contribution < 1.29 is 4.79 Å². The van der Waals surface area contributed by atoms with E-state index in [-0.39, 0.29) is 11.7 Å². The summed E-state index contributed by atoms with van der Waals surface area (Å²) in [4.78, 5) is 14.3. The third-order valence-electron chi connectivity index (χ3n) is 3.99. The number of benzene rings is 2. The SMILES string of the molecule is O=C(CSc1nnc2n1CCN2c1ccccc1)Nc1cccc(Cl)c1. The van der Waals surface area contributed by atoms with E-state index in [9.17, 15) is 4.79 Å². The third-order valence-corrected chi connectivity index (χ3v) is 5.20. The quantitative estimate of drug-likeness (QED) is 0.676. The molecule has 0 atom stereocenters. The van der Waals surface area contributed by atoms with Crippen LogP contribution in [0.1, 0.15) is 0 Å². The normalized spacial score (nSPS) is 12.9. The number of aromatic nitrogens is 3. The summed E-state index contributed by atoms with van der Waals surface area (Å²) >= 11 is 7.31. The lowest BCUT2D eigenvalue weighted by Gasteiger charge is -2.14. The minimum atomic E-state index is -0.104. The van der Waals surface area contributed by atoms with Crippen molar-refractivity contribution in [3.8, 4) is 0 Å². The van der Waals surface area contributed by atoms with Gasteiger partial charge in [-0.1, -0.05) is 47.6 Å². The van der Waals surface area contributed by atoms with E-state index in [1.165, 1.54) is 11.8 Å². The Bertz CT molecular complexity index is 930. The van der Waals surface area contributed by atoms with Crippen molar-refractivity contribution in [3.63, 3.8) is 0 Å². The van der Waals surface area contributed by atoms with Gasteiger partial charge in [-0.3, -0.25) is 9.36 Å². The monoisotopic (exact) mass is 385 g/mol. The number of para-hydroxylation sites is 1. The average molecular weight is 386 g/mol. The molecular formula is C18H16ClN5OS. The summed E-state index contributed by atoms with van der Waals surface area (Å²) < 4.78 is 2.05. The van der Waals surface area contributed by atoms with Gasteiger partial charge in [0.1, 0.15) is 0 Å². The minimum absolute atomic E-state index is 0.104. The maximum Gasteiger partial charge on any atom is 0.234 e. The summed E-state index contributed by atoms with van der Waals surface area (Å²) in [7, 11) is 0. The van der Waals surface area contributed by atoms with Crippen LogP contribution in [0.3, 0.4) is 0 Å². The number of rotatable bonds is 5.